The Morgan fingerprint density at radius 3 is 1.90 bits per heavy atom. The van der Waals surface area contributed by atoms with E-state index in [1.165, 1.54) is 0 Å². The number of rotatable bonds is 28. The highest BCUT2D eigenvalue weighted by atomic mass is 16.6. The van der Waals surface area contributed by atoms with Gasteiger partial charge in [-0.25, -0.2) is 0 Å². The summed E-state index contributed by atoms with van der Waals surface area (Å²) in [6.45, 7) is 6.81. The molecule has 0 aliphatic carbocycles. The van der Waals surface area contributed by atoms with Crippen LogP contribution < -0.4 is 26.2 Å². The van der Waals surface area contributed by atoms with Crippen LogP contribution in [0.1, 0.15) is 74.6 Å². The minimum absolute atomic E-state index is 0.0551. The molecule has 15 nitrogen and oxygen atoms in total. The van der Waals surface area contributed by atoms with Gasteiger partial charge in [0, 0.05) is 31.5 Å². The number of aliphatic hydroxyl groups excluding tert-OH is 1. The molecule has 15 heteroatoms. The van der Waals surface area contributed by atoms with Crippen molar-refractivity contribution in [2.75, 3.05) is 76.2 Å². The van der Waals surface area contributed by atoms with Crippen molar-refractivity contribution >= 4 is 53.1 Å². The molecule has 1 aliphatic heterocycles. The molecule has 0 saturated heterocycles. The first kappa shape index (κ1) is 49.2. The number of fused-ring (bicyclic) bond motifs is 2. The van der Waals surface area contributed by atoms with E-state index in [9.17, 15) is 24.0 Å². The Hall–Kier alpha value is -5.45. The van der Waals surface area contributed by atoms with Crippen LogP contribution >= 0.6 is 0 Å². The molecule has 62 heavy (non-hydrogen) atoms. The average molecular weight is 858 g/mol. The second kappa shape index (κ2) is 28.2. The van der Waals surface area contributed by atoms with Crippen molar-refractivity contribution in [2.24, 2.45) is 5.92 Å². The van der Waals surface area contributed by atoms with E-state index in [4.69, 9.17) is 24.1 Å². The fraction of sp³-hybridized carbons (Fsp3) is 0.468. The Kier molecular flexibility index (Phi) is 22.4. The van der Waals surface area contributed by atoms with Gasteiger partial charge in [0.25, 0.3) is 0 Å². The molecule has 5 N–H and O–H groups in total. The molecule has 1 heterocycles. The Labute approximate surface area is 364 Å². The summed E-state index contributed by atoms with van der Waals surface area (Å²) in [6.07, 6.45) is 7.29. The molecular weight excluding hydrogens is 795 g/mol. The number of benzene rings is 3. The maximum absolute atomic E-state index is 13.4. The zero-order valence-corrected chi connectivity index (χ0v) is 36.0. The highest BCUT2D eigenvalue weighted by Crippen LogP contribution is 2.29. The third kappa shape index (κ3) is 18.3. The number of unbranched alkanes of at least 4 members (excludes halogenated alkanes) is 2. The van der Waals surface area contributed by atoms with Gasteiger partial charge in [-0.3, -0.25) is 24.0 Å². The number of anilines is 2. The summed E-state index contributed by atoms with van der Waals surface area (Å²) in [7, 11) is 0. The summed E-state index contributed by atoms with van der Waals surface area (Å²) in [5, 5.41) is 20.0. The predicted molar refractivity (Wildman–Crippen MR) is 238 cm³/mol. The minimum atomic E-state index is -0.817. The highest BCUT2D eigenvalue weighted by Gasteiger charge is 2.25. The van der Waals surface area contributed by atoms with Crippen LogP contribution in [-0.2, 0) is 56.1 Å². The van der Waals surface area contributed by atoms with Crippen molar-refractivity contribution in [1.82, 2.24) is 16.0 Å². The number of ether oxygens (including phenoxy) is 4. The monoisotopic (exact) mass is 857 g/mol. The Morgan fingerprint density at radius 2 is 1.24 bits per heavy atom. The summed E-state index contributed by atoms with van der Waals surface area (Å²) in [4.78, 5) is 64.9. The zero-order valence-electron chi connectivity index (χ0n) is 36.0. The van der Waals surface area contributed by atoms with E-state index in [1.54, 1.807) is 38.1 Å². The van der Waals surface area contributed by atoms with Crippen molar-refractivity contribution in [2.45, 2.75) is 71.6 Å². The summed E-state index contributed by atoms with van der Waals surface area (Å²) in [6, 6.07) is 22.0. The predicted octanol–water partition coefficient (Wildman–Crippen LogP) is 4.61. The van der Waals surface area contributed by atoms with Gasteiger partial charge < -0.3 is 50.2 Å². The lowest BCUT2D eigenvalue weighted by molar-refractivity contribution is -0.131. The number of carbonyl (C=O) groups excluding carboxylic acids is 5. The van der Waals surface area contributed by atoms with Gasteiger partial charge in [0.1, 0.15) is 6.04 Å². The second-order valence-electron chi connectivity index (χ2n) is 15.1. The third-order valence-corrected chi connectivity index (χ3v) is 9.92. The van der Waals surface area contributed by atoms with Crippen LogP contribution in [-0.4, -0.2) is 107 Å². The summed E-state index contributed by atoms with van der Waals surface area (Å²) < 4.78 is 22.0. The van der Waals surface area contributed by atoms with E-state index in [0.29, 0.717) is 70.4 Å². The van der Waals surface area contributed by atoms with Crippen molar-refractivity contribution in [3.05, 3.63) is 95.1 Å². The van der Waals surface area contributed by atoms with Gasteiger partial charge >= 0.3 is 0 Å². The zero-order chi connectivity index (χ0) is 44.4. The van der Waals surface area contributed by atoms with Crippen molar-refractivity contribution in [3.8, 4) is 0 Å². The Bertz CT molecular complexity index is 1890. The van der Waals surface area contributed by atoms with Gasteiger partial charge in [-0.05, 0) is 59.2 Å². The van der Waals surface area contributed by atoms with Crippen molar-refractivity contribution in [1.29, 1.82) is 0 Å². The highest BCUT2D eigenvalue weighted by molar-refractivity contribution is 5.97. The minimum Gasteiger partial charge on any atom is -0.392 e. The van der Waals surface area contributed by atoms with Crippen LogP contribution in [0.3, 0.4) is 0 Å². The molecule has 3 aromatic rings. The lowest BCUT2D eigenvalue weighted by atomic mass is 10.0. The molecule has 1 aliphatic rings. The number of carbonyl (C=O) groups is 5. The number of nitrogens with zero attached hydrogens (tertiary/aromatic N) is 1. The van der Waals surface area contributed by atoms with Gasteiger partial charge in [-0.2, -0.15) is 0 Å². The molecule has 1 atom stereocenters. The standard InChI is InChI=1S/C47H63N5O10/c1-35(2)46(47(58)49-32-44(56)50-40-19-15-36(34-53)16-20-40)51-43(55)22-25-60-27-29-62-31-30-61-28-26-59-24-21-42(54)48-23-9-3-4-14-45(57)52-33-39-12-6-5-10-37(39)17-18-38-11-7-8-13-41(38)52/h5-8,10-13,15-20,35,46,53H,3-4,9,14,21-34H2,1-2H3,(H,48,54)(H,49,58)(H,50,56)(H,51,55)/b18-17-/t46-/m0/s1. The number of amides is 5. The van der Waals surface area contributed by atoms with Gasteiger partial charge in [0.05, 0.1) is 78.2 Å². The number of hydrogen-bond donors (Lipinski definition) is 5. The number of para-hydroxylation sites is 1. The average Bonchev–Trinajstić information content (AvgIpc) is 3.26. The fourth-order valence-corrected chi connectivity index (χ4v) is 6.45. The molecule has 3 aromatic carbocycles. The van der Waals surface area contributed by atoms with Crippen LogP contribution in [0.4, 0.5) is 11.4 Å². The number of aliphatic hydroxyl groups is 1. The van der Waals surface area contributed by atoms with Crippen LogP contribution in [0.15, 0.2) is 72.8 Å². The quantitative estimate of drug-likeness (QED) is 0.0644. The van der Waals surface area contributed by atoms with Crippen molar-refractivity contribution < 1.29 is 48.0 Å². The van der Waals surface area contributed by atoms with Crippen LogP contribution in [0, 0.1) is 5.92 Å². The summed E-state index contributed by atoms with van der Waals surface area (Å²) in [5.74, 6) is -1.43. The molecule has 336 valence electrons. The molecule has 0 fully saturated rings. The molecule has 0 aromatic heterocycles. The van der Waals surface area contributed by atoms with Gasteiger partial charge in [0.2, 0.25) is 29.5 Å². The van der Waals surface area contributed by atoms with Gasteiger partial charge in [0.15, 0.2) is 0 Å². The molecule has 0 bridgehead atoms. The molecule has 0 spiro atoms. The summed E-state index contributed by atoms with van der Waals surface area (Å²) in [5.41, 5.74) is 5.42. The first-order chi connectivity index (χ1) is 30.1. The fourth-order valence-electron chi connectivity index (χ4n) is 6.45. The smallest absolute Gasteiger partial charge is 0.243 e. The molecule has 4 rings (SSSR count). The molecule has 0 saturated carbocycles. The van der Waals surface area contributed by atoms with E-state index in [2.05, 4.69) is 45.6 Å². The molecule has 5 amide bonds. The van der Waals surface area contributed by atoms with Crippen LogP contribution in [0.2, 0.25) is 0 Å². The maximum atomic E-state index is 13.4. The van der Waals surface area contributed by atoms with Crippen LogP contribution in [0.25, 0.3) is 12.2 Å². The largest absolute Gasteiger partial charge is 0.392 e. The number of nitrogens with one attached hydrogen (secondary N) is 4. The van der Waals surface area contributed by atoms with E-state index in [0.717, 1.165) is 41.6 Å². The van der Waals surface area contributed by atoms with Crippen LogP contribution in [0.5, 0.6) is 0 Å². The topological polar surface area (TPSA) is 194 Å². The third-order valence-electron chi connectivity index (χ3n) is 9.92. The first-order valence-corrected chi connectivity index (χ1v) is 21.4. The van der Waals surface area contributed by atoms with E-state index >= 15 is 0 Å². The van der Waals surface area contributed by atoms with Gasteiger partial charge in [-0.15, -0.1) is 0 Å². The number of hydrogen-bond acceptors (Lipinski definition) is 10. The summed E-state index contributed by atoms with van der Waals surface area (Å²) >= 11 is 0. The van der Waals surface area contributed by atoms with Gasteiger partial charge in [-0.1, -0.05) is 87.0 Å². The first-order valence-electron chi connectivity index (χ1n) is 21.4. The molecular formula is C47H63N5O10. The Balaban J connectivity index is 0.923. The van der Waals surface area contributed by atoms with E-state index in [1.807, 2.05) is 41.3 Å². The van der Waals surface area contributed by atoms with E-state index < -0.39 is 17.9 Å². The Morgan fingerprint density at radius 1 is 0.645 bits per heavy atom. The maximum Gasteiger partial charge on any atom is 0.243 e. The molecule has 0 unspecified atom stereocenters. The van der Waals surface area contributed by atoms with Crippen molar-refractivity contribution in [3.63, 3.8) is 0 Å². The normalized spacial score (nSPS) is 12.9. The lowest BCUT2D eigenvalue weighted by Gasteiger charge is -2.27. The van der Waals surface area contributed by atoms with E-state index in [-0.39, 0.29) is 62.8 Å². The SMILES string of the molecule is CC(C)[C@H](NC(=O)CCOCCOCCOCCOCCC(=O)NCCCCCC(=O)N1Cc2ccccc2/C=C\c2ccccc21)C(=O)NCC(=O)Nc1ccc(CO)cc1. The second-order valence-corrected chi connectivity index (χ2v) is 15.1. The lowest BCUT2D eigenvalue weighted by Crippen LogP contribution is -2.51. The molecule has 0 radical (unpaired) electrons.